The first-order chi connectivity index (χ1) is 18.4. The highest BCUT2D eigenvalue weighted by molar-refractivity contribution is 6.74. The van der Waals surface area contributed by atoms with Crippen LogP contribution in [0.5, 0.6) is 0 Å². The predicted molar refractivity (Wildman–Crippen MR) is 150 cm³/mol. The molecule has 0 aliphatic heterocycles. The number of methoxy groups -OCH3 is 1. The average Bonchev–Trinajstić information content (AvgIpc) is 2.93. The molecule has 0 aromatic heterocycles. The maximum absolute atomic E-state index is 13.8. The van der Waals surface area contributed by atoms with Crippen molar-refractivity contribution in [3.63, 3.8) is 0 Å². The Morgan fingerprint density at radius 1 is 0.590 bits per heavy atom. The van der Waals surface area contributed by atoms with Gasteiger partial charge < -0.3 is 18.6 Å². The summed E-state index contributed by atoms with van der Waals surface area (Å²) in [4.78, 5) is 39.9. The van der Waals surface area contributed by atoms with Crippen molar-refractivity contribution in [2.75, 3.05) is 7.11 Å². The lowest BCUT2D eigenvalue weighted by molar-refractivity contribution is -0.181. The first kappa shape index (κ1) is 29.8. The molecule has 206 valence electrons. The number of rotatable bonds is 10. The van der Waals surface area contributed by atoms with Crippen LogP contribution in [0, 0.1) is 0 Å². The summed E-state index contributed by atoms with van der Waals surface area (Å²) in [5.41, 5.74) is 1.44. The summed E-state index contributed by atoms with van der Waals surface area (Å²) in [6.07, 6.45) is -3.83. The monoisotopic (exact) mass is 548 g/mol. The van der Waals surface area contributed by atoms with Crippen molar-refractivity contribution in [1.29, 1.82) is 0 Å². The van der Waals surface area contributed by atoms with Crippen LogP contribution in [-0.4, -0.2) is 33.3 Å². The second kappa shape index (κ2) is 12.9. The van der Waals surface area contributed by atoms with Crippen molar-refractivity contribution < 1.29 is 33.0 Å². The Morgan fingerprint density at radius 2 is 0.923 bits per heavy atom. The third-order valence-electron chi connectivity index (χ3n) is 6.84. The maximum atomic E-state index is 13.8. The Kier molecular flexibility index (Phi) is 9.83. The van der Waals surface area contributed by atoms with Gasteiger partial charge in [0.05, 0.1) is 7.11 Å². The van der Waals surface area contributed by atoms with E-state index in [9.17, 15) is 14.4 Å². The average molecular weight is 549 g/mol. The van der Waals surface area contributed by atoms with Crippen molar-refractivity contribution in [3.05, 3.63) is 108 Å². The Labute approximate surface area is 231 Å². The van der Waals surface area contributed by atoms with Crippen molar-refractivity contribution in [3.8, 4) is 0 Å². The minimum absolute atomic E-state index is 0.179. The van der Waals surface area contributed by atoms with E-state index >= 15 is 0 Å². The lowest BCUT2D eigenvalue weighted by Gasteiger charge is -2.38. The van der Waals surface area contributed by atoms with Crippen LogP contribution in [0.25, 0.3) is 0 Å². The van der Waals surface area contributed by atoms with Gasteiger partial charge in [0.1, 0.15) is 0 Å². The fourth-order valence-corrected chi connectivity index (χ4v) is 4.75. The van der Waals surface area contributed by atoms with Crippen LogP contribution in [0.3, 0.4) is 0 Å². The van der Waals surface area contributed by atoms with E-state index in [1.165, 1.54) is 7.11 Å². The molecule has 0 amide bonds. The van der Waals surface area contributed by atoms with Gasteiger partial charge in [-0.1, -0.05) is 112 Å². The number of ether oxygens (including phenoxy) is 3. The molecule has 0 unspecified atom stereocenters. The molecule has 3 aromatic rings. The van der Waals surface area contributed by atoms with E-state index in [1.54, 1.807) is 72.8 Å². The zero-order valence-corrected chi connectivity index (χ0v) is 24.3. The van der Waals surface area contributed by atoms with Crippen LogP contribution >= 0.6 is 0 Å². The van der Waals surface area contributed by atoms with Crippen molar-refractivity contribution in [1.82, 2.24) is 0 Å². The van der Waals surface area contributed by atoms with E-state index in [1.807, 2.05) is 31.3 Å². The minimum atomic E-state index is -2.44. The van der Waals surface area contributed by atoms with Gasteiger partial charge in [-0.3, -0.25) is 0 Å². The second-order valence-electron chi connectivity index (χ2n) is 10.6. The van der Waals surface area contributed by atoms with Gasteiger partial charge in [-0.2, -0.15) is 0 Å². The molecule has 0 bridgehead atoms. The summed E-state index contributed by atoms with van der Waals surface area (Å²) in [5, 5.41) is -0.179. The van der Waals surface area contributed by atoms with Crippen LogP contribution < -0.4 is 0 Å². The molecule has 0 fully saturated rings. The number of hydrogen-bond acceptors (Lipinski definition) is 7. The van der Waals surface area contributed by atoms with Crippen molar-refractivity contribution in [2.45, 2.75) is 57.2 Å². The van der Waals surface area contributed by atoms with Crippen molar-refractivity contribution >= 4 is 26.2 Å². The Balaban J connectivity index is 1.96. The molecule has 0 saturated heterocycles. The highest BCUT2D eigenvalue weighted by atomic mass is 28.4. The van der Waals surface area contributed by atoms with Gasteiger partial charge in [0.15, 0.2) is 14.4 Å². The van der Waals surface area contributed by atoms with E-state index in [0.717, 1.165) is 0 Å². The Morgan fingerprint density at radius 3 is 1.28 bits per heavy atom. The molecule has 0 saturated carbocycles. The van der Waals surface area contributed by atoms with Crippen LogP contribution in [0.4, 0.5) is 0 Å². The summed E-state index contributed by atoms with van der Waals surface area (Å²) in [6.45, 7) is 10.3. The predicted octanol–water partition coefficient (Wildman–Crippen LogP) is 6.49. The largest absolute Gasteiger partial charge is 0.466 e. The van der Waals surface area contributed by atoms with Crippen LogP contribution in [0.2, 0.25) is 18.1 Å². The SMILES string of the molecule is COC(=O)[C@@H](OC(=O)[C@@H](OC(=O)[C@@H](O[Si](C)(C)C(C)(C)C)c1ccccc1)c1ccccc1)c1ccccc1. The molecule has 8 heteroatoms. The smallest absolute Gasteiger partial charge is 0.353 e. The maximum Gasteiger partial charge on any atom is 0.353 e. The molecule has 0 aliphatic rings. The van der Waals surface area contributed by atoms with Gasteiger partial charge >= 0.3 is 17.9 Å². The van der Waals surface area contributed by atoms with E-state index in [0.29, 0.717) is 16.7 Å². The number of carbonyl (C=O) groups is 3. The second-order valence-corrected chi connectivity index (χ2v) is 15.4. The quantitative estimate of drug-likeness (QED) is 0.162. The highest BCUT2D eigenvalue weighted by Gasteiger charge is 2.43. The highest BCUT2D eigenvalue weighted by Crippen LogP contribution is 2.40. The third-order valence-corrected chi connectivity index (χ3v) is 11.3. The molecule has 3 atom stereocenters. The lowest BCUT2D eigenvalue weighted by atomic mass is 10.1. The molecule has 0 radical (unpaired) electrons. The third kappa shape index (κ3) is 7.65. The summed E-state index contributed by atoms with van der Waals surface area (Å²) in [6, 6.07) is 26.1. The van der Waals surface area contributed by atoms with Crippen LogP contribution in [-0.2, 0) is 33.0 Å². The fourth-order valence-electron chi connectivity index (χ4n) is 3.57. The summed E-state index contributed by atoms with van der Waals surface area (Å²) < 4.78 is 22.9. The first-order valence-electron chi connectivity index (χ1n) is 12.8. The van der Waals surface area contributed by atoms with Gasteiger partial charge in [-0.25, -0.2) is 14.4 Å². The first-order valence-corrected chi connectivity index (χ1v) is 15.7. The number of hydrogen-bond donors (Lipinski definition) is 0. The molecular formula is C31H36O7Si. The summed E-state index contributed by atoms with van der Waals surface area (Å²) in [5.74, 6) is -2.39. The van der Waals surface area contributed by atoms with Gasteiger partial charge in [0.25, 0.3) is 0 Å². The Bertz CT molecular complexity index is 1240. The Hall–Kier alpha value is -3.75. The lowest BCUT2D eigenvalue weighted by Crippen LogP contribution is -2.43. The van der Waals surface area contributed by atoms with E-state index in [-0.39, 0.29) is 5.04 Å². The van der Waals surface area contributed by atoms with Gasteiger partial charge in [0.2, 0.25) is 12.2 Å². The molecule has 7 nitrogen and oxygen atoms in total. The topological polar surface area (TPSA) is 88.1 Å². The summed E-state index contributed by atoms with van der Waals surface area (Å²) >= 11 is 0. The van der Waals surface area contributed by atoms with E-state index in [4.69, 9.17) is 18.6 Å². The van der Waals surface area contributed by atoms with Crippen LogP contribution in [0.1, 0.15) is 55.8 Å². The van der Waals surface area contributed by atoms with Gasteiger partial charge in [0, 0.05) is 11.1 Å². The normalized spacial score (nSPS) is 14.0. The zero-order valence-electron chi connectivity index (χ0n) is 23.3. The standard InChI is InChI=1S/C31H36O7Si/c1-31(2,3)39(5,6)38-27(24-20-14-9-15-21-24)30(34)37-26(23-18-12-8-13-19-23)29(33)36-25(28(32)35-4)22-16-10-7-11-17-22/h7-21,25-27H,1-6H3/t25-,26-,27-/m0/s1. The molecular weight excluding hydrogens is 512 g/mol. The molecule has 39 heavy (non-hydrogen) atoms. The van der Waals surface area contributed by atoms with Gasteiger partial charge in [-0.05, 0) is 23.7 Å². The van der Waals surface area contributed by atoms with E-state index in [2.05, 4.69) is 20.8 Å². The molecule has 3 aromatic carbocycles. The molecule has 0 heterocycles. The number of benzene rings is 3. The summed E-state index contributed by atoms with van der Waals surface area (Å²) in [7, 11) is -1.23. The number of esters is 3. The molecule has 0 N–H and O–H groups in total. The molecule has 0 spiro atoms. The minimum Gasteiger partial charge on any atom is -0.466 e. The zero-order chi connectivity index (χ0) is 28.6. The molecule has 0 aliphatic carbocycles. The van der Waals surface area contributed by atoms with Crippen molar-refractivity contribution in [2.24, 2.45) is 0 Å². The number of carbonyl (C=O) groups excluding carboxylic acids is 3. The van der Waals surface area contributed by atoms with Crippen LogP contribution in [0.15, 0.2) is 91.0 Å². The van der Waals surface area contributed by atoms with Gasteiger partial charge in [-0.15, -0.1) is 0 Å². The fraction of sp³-hybridized carbons (Fsp3) is 0.323. The van der Waals surface area contributed by atoms with E-state index < -0.39 is 44.5 Å². The molecule has 3 rings (SSSR count).